The number of carbonyl (C=O) groups is 1. The Labute approximate surface area is 215 Å². The molecule has 0 saturated carbocycles. The fourth-order valence-corrected chi connectivity index (χ4v) is 4.49. The lowest BCUT2D eigenvalue weighted by molar-refractivity contribution is -0.138. The molecule has 1 fully saturated rings. The van der Waals surface area contributed by atoms with Crippen molar-refractivity contribution in [2.75, 3.05) is 30.4 Å². The standard InChI is InChI=1S/C26H24F4N6O2/c1-14-12-36(13-15(2)35(14)3)23-9-21(27)18(16-4-5-32-17(6-16)10-31)7-22(23)34-25(38)19-11-33-24(37)8-20(19)26(28,29)30/h4-9,11,14-15H,12-13H2,1-3H3,(H,33,37)(H,34,38). The van der Waals surface area contributed by atoms with E-state index in [1.807, 2.05) is 31.9 Å². The summed E-state index contributed by atoms with van der Waals surface area (Å²) in [6.07, 6.45) is -2.92. The minimum Gasteiger partial charge on any atom is -0.367 e. The van der Waals surface area contributed by atoms with Crippen molar-refractivity contribution in [3.63, 3.8) is 0 Å². The van der Waals surface area contributed by atoms with Crippen molar-refractivity contribution in [1.29, 1.82) is 5.26 Å². The Morgan fingerprint density at radius 3 is 2.50 bits per heavy atom. The SMILES string of the molecule is CC1CN(c2cc(F)c(-c3ccnc(C#N)c3)cc2NC(=O)c2c[nH]c(=O)cc2C(F)(F)F)CC(C)N1C. The number of H-pyrrole nitrogens is 1. The minimum atomic E-state index is -4.95. The summed E-state index contributed by atoms with van der Waals surface area (Å²) >= 11 is 0. The lowest BCUT2D eigenvalue weighted by Gasteiger charge is -2.44. The molecule has 2 N–H and O–H groups in total. The van der Waals surface area contributed by atoms with Gasteiger partial charge < -0.3 is 15.2 Å². The molecule has 2 atom stereocenters. The number of aromatic amines is 1. The number of halogens is 4. The van der Waals surface area contributed by atoms with E-state index >= 15 is 4.39 Å². The van der Waals surface area contributed by atoms with Crippen LogP contribution < -0.4 is 15.8 Å². The third kappa shape index (κ3) is 5.38. The molecule has 3 aromatic rings. The van der Waals surface area contributed by atoms with Crippen molar-refractivity contribution >= 4 is 17.3 Å². The van der Waals surface area contributed by atoms with Crippen LogP contribution in [0.4, 0.5) is 28.9 Å². The van der Waals surface area contributed by atoms with Crippen LogP contribution in [0.3, 0.4) is 0 Å². The van der Waals surface area contributed by atoms with E-state index in [1.54, 1.807) is 0 Å². The maximum atomic E-state index is 15.5. The molecule has 4 rings (SSSR count). The molecule has 198 valence electrons. The van der Waals surface area contributed by atoms with Gasteiger partial charge in [0.2, 0.25) is 5.56 Å². The van der Waals surface area contributed by atoms with Crippen molar-refractivity contribution < 1.29 is 22.4 Å². The Kier molecular flexibility index (Phi) is 7.24. The molecule has 2 unspecified atom stereocenters. The van der Waals surface area contributed by atoms with Crippen molar-refractivity contribution in [2.45, 2.75) is 32.1 Å². The number of nitrogens with zero attached hydrogens (tertiary/aromatic N) is 4. The van der Waals surface area contributed by atoms with Crippen LogP contribution in [0.15, 0.2) is 47.5 Å². The largest absolute Gasteiger partial charge is 0.417 e. The summed E-state index contributed by atoms with van der Waals surface area (Å²) in [6.45, 7) is 4.93. The maximum absolute atomic E-state index is 15.5. The second kappa shape index (κ2) is 10.3. The van der Waals surface area contributed by atoms with Crippen molar-refractivity contribution in [3.8, 4) is 17.2 Å². The number of aromatic nitrogens is 2. The summed E-state index contributed by atoms with van der Waals surface area (Å²) in [5, 5.41) is 11.7. The first-order chi connectivity index (χ1) is 17.9. The van der Waals surface area contributed by atoms with Gasteiger partial charge in [-0.25, -0.2) is 9.37 Å². The van der Waals surface area contributed by atoms with Gasteiger partial charge >= 0.3 is 6.18 Å². The van der Waals surface area contributed by atoms with Gasteiger partial charge in [-0.15, -0.1) is 0 Å². The zero-order valence-corrected chi connectivity index (χ0v) is 20.7. The Morgan fingerprint density at radius 2 is 1.87 bits per heavy atom. The molecule has 3 heterocycles. The number of hydrogen-bond acceptors (Lipinski definition) is 6. The van der Waals surface area contributed by atoms with Gasteiger partial charge in [-0.1, -0.05) is 0 Å². The molecule has 0 radical (unpaired) electrons. The van der Waals surface area contributed by atoms with Gasteiger partial charge in [0.1, 0.15) is 17.6 Å². The summed E-state index contributed by atoms with van der Waals surface area (Å²) in [7, 11) is 1.96. The van der Waals surface area contributed by atoms with Crippen LogP contribution in [0.1, 0.15) is 35.5 Å². The normalized spacial score (nSPS) is 18.2. The van der Waals surface area contributed by atoms with E-state index in [9.17, 15) is 28.0 Å². The van der Waals surface area contributed by atoms with Crippen LogP contribution in [0, 0.1) is 17.1 Å². The fourth-order valence-electron chi connectivity index (χ4n) is 4.49. The van der Waals surface area contributed by atoms with Crippen LogP contribution in [-0.2, 0) is 6.18 Å². The smallest absolute Gasteiger partial charge is 0.367 e. The van der Waals surface area contributed by atoms with Crippen molar-refractivity contribution in [1.82, 2.24) is 14.9 Å². The number of alkyl halides is 3. The van der Waals surface area contributed by atoms with E-state index in [4.69, 9.17) is 0 Å². The minimum absolute atomic E-state index is 0.0238. The van der Waals surface area contributed by atoms with E-state index < -0.39 is 34.6 Å². The summed E-state index contributed by atoms with van der Waals surface area (Å²) in [5.41, 5.74) is -2.45. The number of carbonyl (C=O) groups excluding carboxylic acids is 1. The Hall–Kier alpha value is -4.24. The molecular formula is C26H24F4N6O2. The average Bonchev–Trinajstić information content (AvgIpc) is 2.87. The second-order valence-corrected chi connectivity index (χ2v) is 9.24. The highest BCUT2D eigenvalue weighted by Gasteiger charge is 2.36. The van der Waals surface area contributed by atoms with Gasteiger partial charge in [-0.05, 0) is 50.7 Å². The Bertz CT molecular complexity index is 1470. The first-order valence-corrected chi connectivity index (χ1v) is 11.7. The van der Waals surface area contributed by atoms with E-state index in [-0.39, 0.29) is 29.0 Å². The molecule has 0 spiro atoms. The molecule has 1 aliphatic heterocycles. The number of rotatable bonds is 4. The number of pyridine rings is 2. The number of hydrogen-bond donors (Lipinski definition) is 2. The van der Waals surface area contributed by atoms with Gasteiger partial charge in [0.05, 0.1) is 22.5 Å². The molecule has 8 nitrogen and oxygen atoms in total. The zero-order chi connectivity index (χ0) is 27.8. The molecule has 1 aliphatic rings. The van der Waals surface area contributed by atoms with E-state index in [1.165, 1.54) is 30.5 Å². The number of anilines is 2. The first kappa shape index (κ1) is 26.8. The summed E-state index contributed by atoms with van der Waals surface area (Å²) in [5.74, 6) is -1.78. The van der Waals surface area contributed by atoms with Crippen LogP contribution in [0.25, 0.3) is 11.1 Å². The number of nitriles is 1. The van der Waals surface area contributed by atoms with Crippen molar-refractivity contribution in [3.05, 3.63) is 75.7 Å². The van der Waals surface area contributed by atoms with E-state index in [0.29, 0.717) is 36.6 Å². The third-order valence-corrected chi connectivity index (χ3v) is 6.69. The molecule has 0 bridgehead atoms. The fraction of sp³-hybridized carbons (Fsp3) is 0.308. The summed E-state index contributed by atoms with van der Waals surface area (Å²) < 4.78 is 56.3. The molecule has 0 aliphatic carbocycles. The van der Waals surface area contributed by atoms with Gasteiger partial charge in [-0.2, -0.15) is 18.4 Å². The summed E-state index contributed by atoms with van der Waals surface area (Å²) in [4.78, 5) is 34.7. The van der Waals surface area contributed by atoms with E-state index in [0.717, 1.165) is 0 Å². The topological polar surface area (TPSA) is 105 Å². The predicted octanol–water partition coefficient (Wildman–Crippen LogP) is 4.25. The average molecular weight is 529 g/mol. The maximum Gasteiger partial charge on any atom is 0.417 e. The third-order valence-electron chi connectivity index (χ3n) is 6.69. The zero-order valence-electron chi connectivity index (χ0n) is 20.7. The monoisotopic (exact) mass is 528 g/mol. The Balaban J connectivity index is 1.83. The van der Waals surface area contributed by atoms with Crippen LogP contribution in [-0.4, -0.2) is 53.0 Å². The summed E-state index contributed by atoms with van der Waals surface area (Å²) in [6, 6.07) is 7.72. The van der Waals surface area contributed by atoms with Gasteiger partial charge in [0, 0.05) is 49.2 Å². The van der Waals surface area contributed by atoms with Gasteiger partial charge in [0.25, 0.3) is 5.91 Å². The van der Waals surface area contributed by atoms with E-state index in [2.05, 4.69) is 20.2 Å². The number of amides is 1. The van der Waals surface area contributed by atoms with Crippen LogP contribution in [0.5, 0.6) is 0 Å². The molecule has 2 aromatic heterocycles. The molecule has 38 heavy (non-hydrogen) atoms. The molecule has 1 aromatic carbocycles. The van der Waals surface area contributed by atoms with Crippen molar-refractivity contribution in [2.24, 2.45) is 0 Å². The molecular weight excluding hydrogens is 504 g/mol. The first-order valence-electron chi connectivity index (χ1n) is 11.7. The van der Waals surface area contributed by atoms with Crippen LogP contribution in [0.2, 0.25) is 0 Å². The highest BCUT2D eigenvalue weighted by molar-refractivity contribution is 6.07. The number of piperazine rings is 1. The highest BCUT2D eigenvalue weighted by Crippen LogP contribution is 2.37. The number of likely N-dealkylation sites (N-methyl/N-ethyl adjacent to an activating group) is 1. The van der Waals surface area contributed by atoms with Gasteiger partial charge in [-0.3, -0.25) is 14.5 Å². The molecule has 1 saturated heterocycles. The number of benzene rings is 1. The van der Waals surface area contributed by atoms with Gasteiger partial charge in [0.15, 0.2) is 0 Å². The lowest BCUT2D eigenvalue weighted by Crippen LogP contribution is -2.55. The molecule has 12 heteroatoms. The Morgan fingerprint density at radius 1 is 1.18 bits per heavy atom. The molecule has 1 amide bonds. The quantitative estimate of drug-likeness (QED) is 0.491. The van der Waals surface area contributed by atoms with Crippen LogP contribution >= 0.6 is 0 Å². The number of nitrogens with one attached hydrogen (secondary N) is 2. The lowest BCUT2D eigenvalue weighted by atomic mass is 10.0. The highest BCUT2D eigenvalue weighted by atomic mass is 19.4. The second-order valence-electron chi connectivity index (χ2n) is 9.24. The predicted molar refractivity (Wildman–Crippen MR) is 133 cm³/mol.